The van der Waals surface area contributed by atoms with Gasteiger partial charge in [-0.15, -0.1) is 0 Å². The van der Waals surface area contributed by atoms with E-state index in [1.54, 1.807) is 11.0 Å². The Bertz CT molecular complexity index is 870. The van der Waals surface area contributed by atoms with Crippen LogP contribution in [0.5, 0.6) is 11.5 Å². The number of hydrogen-bond donors (Lipinski definition) is 4. The van der Waals surface area contributed by atoms with Crippen LogP contribution >= 0.6 is 0 Å². The molecule has 1 saturated heterocycles. The van der Waals surface area contributed by atoms with Gasteiger partial charge < -0.3 is 25.5 Å². The van der Waals surface area contributed by atoms with Crippen LogP contribution in [0, 0.1) is 17.8 Å². The molecule has 1 aromatic rings. The van der Waals surface area contributed by atoms with Crippen molar-refractivity contribution in [2.24, 2.45) is 17.8 Å². The van der Waals surface area contributed by atoms with Crippen LogP contribution in [0.4, 0.5) is 0 Å². The average Bonchev–Trinajstić information content (AvgIpc) is 3.31. The number of piperidine rings is 1. The molecule has 190 valence electrons. The molecule has 2 fully saturated rings. The number of carboxylic acid groups (broad SMARTS) is 1. The summed E-state index contributed by atoms with van der Waals surface area (Å²) in [6.07, 6.45) is 6.34. The first-order valence-corrected chi connectivity index (χ1v) is 12.9. The number of aliphatic carboxylic acids is 1. The molecule has 1 atom stereocenters. The Morgan fingerprint density at radius 3 is 2.18 bits per heavy atom. The summed E-state index contributed by atoms with van der Waals surface area (Å²) in [5, 5.41) is 34.1. The second-order valence-corrected chi connectivity index (χ2v) is 11.1. The highest BCUT2D eigenvalue weighted by atomic mass is 16.4. The van der Waals surface area contributed by atoms with E-state index in [0.717, 1.165) is 38.5 Å². The van der Waals surface area contributed by atoms with Gasteiger partial charge in [-0.3, -0.25) is 9.59 Å². The zero-order valence-corrected chi connectivity index (χ0v) is 21.1. The molecule has 1 aliphatic carbocycles. The van der Waals surface area contributed by atoms with Crippen molar-refractivity contribution in [3.63, 3.8) is 0 Å². The largest absolute Gasteiger partial charge is 0.508 e. The van der Waals surface area contributed by atoms with Crippen LogP contribution in [0.3, 0.4) is 0 Å². The quantitative estimate of drug-likeness (QED) is 0.412. The molecule has 1 aliphatic heterocycles. The van der Waals surface area contributed by atoms with E-state index in [4.69, 9.17) is 0 Å². The minimum absolute atomic E-state index is 0.000549. The highest BCUT2D eigenvalue weighted by Crippen LogP contribution is 2.39. The number of nitrogens with zero attached hydrogens (tertiary/aromatic N) is 1. The zero-order valence-electron chi connectivity index (χ0n) is 21.1. The van der Waals surface area contributed by atoms with Crippen molar-refractivity contribution in [3.05, 3.63) is 23.3 Å². The second-order valence-electron chi connectivity index (χ2n) is 11.1. The third kappa shape index (κ3) is 5.68. The number of hydrogen-bond acceptors (Lipinski definition) is 5. The fraction of sp³-hybridized carbons (Fsp3) is 0.704. The monoisotopic (exact) mass is 474 g/mol. The number of carboxylic acids is 1. The maximum absolute atomic E-state index is 13.1. The summed E-state index contributed by atoms with van der Waals surface area (Å²) in [7, 11) is 0. The summed E-state index contributed by atoms with van der Waals surface area (Å²) in [4.78, 5) is 27.3. The maximum atomic E-state index is 13.1. The van der Waals surface area contributed by atoms with Crippen molar-refractivity contribution in [2.75, 3.05) is 19.6 Å². The van der Waals surface area contributed by atoms with Crippen LogP contribution in [-0.4, -0.2) is 57.3 Å². The number of rotatable bonds is 9. The molecule has 0 spiro atoms. The Balaban J connectivity index is 1.64. The van der Waals surface area contributed by atoms with Crippen molar-refractivity contribution in [3.8, 4) is 11.5 Å². The van der Waals surface area contributed by atoms with E-state index in [0.29, 0.717) is 37.5 Å². The van der Waals surface area contributed by atoms with Crippen LogP contribution < -0.4 is 5.32 Å². The maximum Gasteiger partial charge on any atom is 0.324 e. The molecule has 1 saturated carbocycles. The Morgan fingerprint density at radius 2 is 1.65 bits per heavy atom. The number of phenolic OH excluding ortho intramolecular Hbond substituents is 2. The van der Waals surface area contributed by atoms with Crippen molar-refractivity contribution >= 4 is 11.9 Å². The van der Waals surface area contributed by atoms with E-state index in [-0.39, 0.29) is 40.7 Å². The third-order valence-electron chi connectivity index (χ3n) is 7.77. The molecule has 3 rings (SSSR count). The summed E-state index contributed by atoms with van der Waals surface area (Å²) in [6.45, 7) is 9.80. The lowest BCUT2D eigenvalue weighted by atomic mass is 9.76. The smallest absolute Gasteiger partial charge is 0.324 e. The number of likely N-dealkylation sites (tertiary alicyclic amines) is 1. The molecule has 7 nitrogen and oxygen atoms in total. The number of carbonyl (C=O) groups excluding carboxylic acids is 1. The van der Waals surface area contributed by atoms with Gasteiger partial charge in [-0.1, -0.05) is 40.5 Å². The summed E-state index contributed by atoms with van der Waals surface area (Å²) in [5.74, 6) is -0.369. The lowest BCUT2D eigenvalue weighted by Gasteiger charge is -2.40. The van der Waals surface area contributed by atoms with Gasteiger partial charge in [-0.05, 0) is 74.0 Å². The molecular weight excluding hydrogens is 432 g/mol. The minimum atomic E-state index is -0.872. The topological polar surface area (TPSA) is 110 Å². The van der Waals surface area contributed by atoms with Gasteiger partial charge in [-0.2, -0.15) is 0 Å². The Kier molecular flexibility index (Phi) is 8.50. The van der Waals surface area contributed by atoms with Crippen molar-refractivity contribution in [2.45, 2.75) is 84.1 Å². The molecule has 0 radical (unpaired) electrons. The molecule has 1 heterocycles. The average molecular weight is 475 g/mol. The SMILES string of the molecule is CC(C)C[C@@](NCC1CCN(C(=O)c2cc(C(C)C)c(O)cc2O)CC1)(C(=O)O)C1CCCC1. The molecular formula is C27H42N2O5. The summed E-state index contributed by atoms with van der Waals surface area (Å²) >= 11 is 0. The first kappa shape index (κ1) is 26.3. The van der Waals surface area contributed by atoms with Crippen LogP contribution in [0.15, 0.2) is 12.1 Å². The van der Waals surface area contributed by atoms with Gasteiger partial charge >= 0.3 is 5.97 Å². The molecule has 0 aromatic heterocycles. The van der Waals surface area contributed by atoms with E-state index in [9.17, 15) is 24.9 Å². The molecule has 0 bridgehead atoms. The first-order chi connectivity index (χ1) is 16.0. The normalized spacial score (nSPS) is 19.6. The van der Waals surface area contributed by atoms with Crippen LogP contribution in [-0.2, 0) is 4.79 Å². The Labute approximate surface area is 203 Å². The molecule has 1 amide bonds. The Morgan fingerprint density at radius 1 is 1.03 bits per heavy atom. The van der Waals surface area contributed by atoms with E-state index < -0.39 is 11.5 Å². The second kappa shape index (κ2) is 11.0. The minimum Gasteiger partial charge on any atom is -0.508 e. The molecule has 0 unspecified atom stereocenters. The fourth-order valence-corrected chi connectivity index (χ4v) is 5.85. The number of benzene rings is 1. The van der Waals surface area contributed by atoms with E-state index >= 15 is 0 Å². The lowest BCUT2D eigenvalue weighted by Crippen LogP contribution is -2.59. The summed E-state index contributed by atoms with van der Waals surface area (Å²) < 4.78 is 0. The number of nitrogens with one attached hydrogen (secondary N) is 1. The van der Waals surface area contributed by atoms with E-state index in [2.05, 4.69) is 19.2 Å². The molecule has 7 heteroatoms. The Hall–Kier alpha value is -2.28. The molecule has 2 aliphatic rings. The predicted octanol–water partition coefficient (Wildman–Crippen LogP) is 4.72. The first-order valence-electron chi connectivity index (χ1n) is 12.9. The molecule has 34 heavy (non-hydrogen) atoms. The van der Waals surface area contributed by atoms with Gasteiger partial charge in [0.15, 0.2) is 0 Å². The van der Waals surface area contributed by atoms with E-state index in [1.807, 2.05) is 13.8 Å². The number of phenols is 2. The standard InChI is InChI=1S/C27H42N2O5/c1-17(2)15-27(26(33)34,20-7-5-6-8-20)28-16-19-9-11-29(12-10-19)25(32)22-13-21(18(3)4)23(30)14-24(22)31/h13-14,17-20,28,30-31H,5-12,15-16H2,1-4H3,(H,33,34)/t27-/m0/s1. The van der Waals surface area contributed by atoms with Gasteiger partial charge in [0.25, 0.3) is 5.91 Å². The third-order valence-corrected chi connectivity index (χ3v) is 7.77. The summed E-state index contributed by atoms with van der Waals surface area (Å²) in [5.41, 5.74) is -0.00802. The van der Waals surface area contributed by atoms with Gasteiger partial charge in [0.05, 0.1) is 5.56 Å². The fourth-order valence-electron chi connectivity index (χ4n) is 5.85. The van der Waals surface area contributed by atoms with Crippen molar-refractivity contribution in [1.82, 2.24) is 10.2 Å². The van der Waals surface area contributed by atoms with Crippen LogP contribution in [0.2, 0.25) is 0 Å². The van der Waals surface area contributed by atoms with E-state index in [1.165, 1.54) is 6.07 Å². The molecule has 4 N–H and O–H groups in total. The van der Waals surface area contributed by atoms with Gasteiger partial charge in [0, 0.05) is 19.2 Å². The van der Waals surface area contributed by atoms with Gasteiger partial charge in [-0.25, -0.2) is 0 Å². The highest BCUT2D eigenvalue weighted by Gasteiger charge is 2.47. The van der Waals surface area contributed by atoms with Gasteiger partial charge in [0.1, 0.15) is 17.0 Å². The number of carbonyl (C=O) groups is 2. The molecule has 1 aromatic carbocycles. The summed E-state index contributed by atoms with van der Waals surface area (Å²) in [6, 6.07) is 2.85. The lowest BCUT2D eigenvalue weighted by molar-refractivity contribution is -0.148. The number of amides is 1. The van der Waals surface area contributed by atoms with Crippen LogP contribution in [0.25, 0.3) is 0 Å². The van der Waals surface area contributed by atoms with Crippen molar-refractivity contribution < 1.29 is 24.9 Å². The number of aromatic hydroxyl groups is 2. The predicted molar refractivity (Wildman–Crippen MR) is 132 cm³/mol. The zero-order chi connectivity index (χ0) is 25.0. The van der Waals surface area contributed by atoms with Gasteiger partial charge in [0.2, 0.25) is 0 Å². The van der Waals surface area contributed by atoms with Crippen molar-refractivity contribution in [1.29, 1.82) is 0 Å². The highest BCUT2D eigenvalue weighted by molar-refractivity contribution is 5.97. The van der Waals surface area contributed by atoms with Crippen LogP contribution in [0.1, 0.15) is 94.5 Å².